The van der Waals surface area contributed by atoms with E-state index in [0.29, 0.717) is 11.6 Å². The summed E-state index contributed by atoms with van der Waals surface area (Å²) in [4.78, 5) is 29.8. The van der Waals surface area contributed by atoms with Crippen LogP contribution >= 0.6 is 0 Å². The molecule has 1 N–H and O–H groups in total. The first kappa shape index (κ1) is 15.9. The van der Waals surface area contributed by atoms with Crippen molar-refractivity contribution in [1.29, 1.82) is 0 Å². The Labute approximate surface area is 138 Å². The molecule has 0 spiro atoms. The number of anilines is 2. The molecule has 3 rings (SSSR count). The van der Waals surface area contributed by atoms with E-state index in [-0.39, 0.29) is 30.5 Å². The van der Waals surface area contributed by atoms with Gasteiger partial charge in [0.2, 0.25) is 17.7 Å². The average molecular weight is 329 g/mol. The average Bonchev–Trinajstić information content (AvgIpc) is 2.98. The highest BCUT2D eigenvalue weighted by Gasteiger charge is 2.36. The van der Waals surface area contributed by atoms with Gasteiger partial charge in [-0.15, -0.1) is 0 Å². The van der Waals surface area contributed by atoms with Crippen LogP contribution in [0.15, 0.2) is 42.6 Å². The largest absolute Gasteiger partial charge is 0.481 e. The number of amides is 2. The molecule has 2 aromatic rings. The molecule has 1 saturated heterocycles. The van der Waals surface area contributed by atoms with Crippen LogP contribution in [0, 0.1) is 11.7 Å². The number of nitrogens with one attached hydrogen (secondary N) is 1. The first-order valence-corrected chi connectivity index (χ1v) is 7.44. The van der Waals surface area contributed by atoms with Gasteiger partial charge in [-0.2, -0.15) is 0 Å². The normalized spacial score (nSPS) is 17.0. The number of ether oxygens (including phenoxy) is 1. The van der Waals surface area contributed by atoms with Crippen molar-refractivity contribution in [3.05, 3.63) is 48.4 Å². The number of halogens is 1. The van der Waals surface area contributed by atoms with Crippen molar-refractivity contribution in [2.45, 2.75) is 6.42 Å². The zero-order chi connectivity index (χ0) is 17.1. The molecule has 1 aliphatic rings. The van der Waals surface area contributed by atoms with E-state index in [1.54, 1.807) is 24.3 Å². The lowest BCUT2D eigenvalue weighted by atomic mass is 10.1. The second kappa shape index (κ2) is 6.66. The van der Waals surface area contributed by atoms with E-state index in [2.05, 4.69) is 10.3 Å². The van der Waals surface area contributed by atoms with Gasteiger partial charge in [-0.05, 0) is 18.2 Å². The van der Waals surface area contributed by atoms with Crippen LogP contribution in [0.3, 0.4) is 0 Å². The summed E-state index contributed by atoms with van der Waals surface area (Å²) >= 11 is 0. The van der Waals surface area contributed by atoms with Crippen molar-refractivity contribution >= 4 is 23.2 Å². The molecule has 1 atom stereocenters. The number of nitrogens with zero attached hydrogens (tertiary/aromatic N) is 2. The third-order valence-corrected chi connectivity index (χ3v) is 3.85. The molecule has 1 fully saturated rings. The molecule has 6 nitrogen and oxygen atoms in total. The van der Waals surface area contributed by atoms with Gasteiger partial charge in [0.15, 0.2) is 0 Å². The van der Waals surface area contributed by atoms with Gasteiger partial charge in [-0.3, -0.25) is 9.59 Å². The molecule has 124 valence electrons. The van der Waals surface area contributed by atoms with Gasteiger partial charge in [0, 0.05) is 19.0 Å². The smallest absolute Gasteiger partial charge is 0.229 e. The predicted octanol–water partition coefficient (Wildman–Crippen LogP) is 2.22. The number of rotatable bonds is 4. The van der Waals surface area contributed by atoms with Gasteiger partial charge >= 0.3 is 0 Å². The third kappa shape index (κ3) is 3.19. The summed E-state index contributed by atoms with van der Waals surface area (Å²) in [6.45, 7) is 0.148. The maximum absolute atomic E-state index is 13.8. The minimum Gasteiger partial charge on any atom is -0.481 e. The number of hydrogen-bond donors (Lipinski definition) is 1. The maximum Gasteiger partial charge on any atom is 0.229 e. The predicted molar refractivity (Wildman–Crippen MR) is 86.3 cm³/mol. The molecule has 1 aromatic heterocycles. The van der Waals surface area contributed by atoms with Gasteiger partial charge < -0.3 is 15.0 Å². The Kier molecular flexibility index (Phi) is 4.41. The lowest BCUT2D eigenvalue weighted by molar-refractivity contribution is -0.122. The number of pyridine rings is 1. The molecule has 2 heterocycles. The first-order valence-electron chi connectivity index (χ1n) is 7.44. The van der Waals surface area contributed by atoms with Crippen molar-refractivity contribution in [2.75, 3.05) is 23.9 Å². The zero-order valence-electron chi connectivity index (χ0n) is 13.0. The number of methoxy groups -OCH3 is 1. The van der Waals surface area contributed by atoms with Gasteiger partial charge in [-0.25, -0.2) is 9.37 Å². The van der Waals surface area contributed by atoms with Crippen molar-refractivity contribution in [3.8, 4) is 5.88 Å². The van der Waals surface area contributed by atoms with Crippen molar-refractivity contribution < 1.29 is 18.7 Å². The van der Waals surface area contributed by atoms with Crippen LogP contribution in [0.2, 0.25) is 0 Å². The van der Waals surface area contributed by atoms with Crippen LogP contribution in [-0.4, -0.2) is 30.5 Å². The third-order valence-electron chi connectivity index (χ3n) is 3.85. The minimum atomic E-state index is -0.542. The molecule has 0 saturated carbocycles. The molecular formula is C17H16FN3O3. The Hall–Kier alpha value is -2.96. The Morgan fingerprint density at radius 2 is 2.12 bits per heavy atom. The Morgan fingerprint density at radius 1 is 1.33 bits per heavy atom. The maximum atomic E-state index is 13.8. The second-order valence-corrected chi connectivity index (χ2v) is 5.44. The lowest BCUT2D eigenvalue weighted by Gasteiger charge is -2.17. The summed E-state index contributed by atoms with van der Waals surface area (Å²) in [5, 5.41) is 2.71. The summed E-state index contributed by atoms with van der Waals surface area (Å²) in [5.41, 5.74) is 0.710. The number of carbonyl (C=O) groups excluding carboxylic acids is 2. The van der Waals surface area contributed by atoms with Gasteiger partial charge in [-0.1, -0.05) is 12.1 Å². The van der Waals surface area contributed by atoms with Crippen LogP contribution in [0.25, 0.3) is 0 Å². The van der Waals surface area contributed by atoms with Crippen LogP contribution in [0.5, 0.6) is 5.88 Å². The second-order valence-electron chi connectivity index (χ2n) is 5.44. The lowest BCUT2D eigenvalue weighted by Crippen LogP contribution is -2.28. The Bertz CT molecular complexity index is 764. The number of benzene rings is 1. The molecule has 24 heavy (non-hydrogen) atoms. The topological polar surface area (TPSA) is 71.5 Å². The quantitative estimate of drug-likeness (QED) is 0.934. The molecule has 2 amide bonds. The van der Waals surface area contributed by atoms with Crippen molar-refractivity contribution in [2.24, 2.45) is 5.92 Å². The fourth-order valence-corrected chi connectivity index (χ4v) is 2.61. The van der Waals surface area contributed by atoms with E-state index in [1.807, 2.05) is 0 Å². The highest BCUT2D eigenvalue weighted by Crippen LogP contribution is 2.28. The van der Waals surface area contributed by atoms with Crippen molar-refractivity contribution in [3.63, 3.8) is 0 Å². The number of para-hydroxylation sites is 1. The molecule has 1 aliphatic heterocycles. The van der Waals surface area contributed by atoms with E-state index in [4.69, 9.17) is 4.74 Å². The van der Waals surface area contributed by atoms with Gasteiger partial charge in [0.1, 0.15) is 5.82 Å². The highest BCUT2D eigenvalue weighted by atomic mass is 19.1. The first-order chi connectivity index (χ1) is 11.6. The summed E-state index contributed by atoms with van der Waals surface area (Å²) in [5.74, 6) is -1.15. The molecule has 0 bridgehead atoms. The molecule has 7 heteroatoms. The molecule has 1 aromatic carbocycles. The van der Waals surface area contributed by atoms with Gasteiger partial charge in [0.05, 0.1) is 30.6 Å². The van der Waals surface area contributed by atoms with E-state index in [9.17, 15) is 14.0 Å². The van der Waals surface area contributed by atoms with E-state index in [0.717, 1.165) is 0 Å². The monoisotopic (exact) mass is 329 g/mol. The summed E-state index contributed by atoms with van der Waals surface area (Å²) in [6.07, 6.45) is 1.52. The zero-order valence-corrected chi connectivity index (χ0v) is 13.0. The number of hydrogen-bond acceptors (Lipinski definition) is 4. The Balaban J connectivity index is 1.68. The number of aromatic nitrogens is 1. The molecule has 0 aliphatic carbocycles. The van der Waals surface area contributed by atoms with E-state index >= 15 is 0 Å². The van der Waals surface area contributed by atoms with Crippen molar-refractivity contribution in [1.82, 2.24) is 4.98 Å². The fourth-order valence-electron chi connectivity index (χ4n) is 2.61. The molecular weight excluding hydrogens is 313 g/mol. The summed E-state index contributed by atoms with van der Waals surface area (Å²) in [7, 11) is 1.50. The SMILES string of the molecule is COc1ccc(NC(=O)[C@H]2CC(=O)N(c3ccccc3F)C2)cn1. The molecule has 0 radical (unpaired) electrons. The van der Waals surface area contributed by atoms with Crippen LogP contribution < -0.4 is 15.0 Å². The van der Waals surface area contributed by atoms with E-state index in [1.165, 1.54) is 30.3 Å². The summed E-state index contributed by atoms with van der Waals surface area (Å²) < 4.78 is 18.8. The summed E-state index contributed by atoms with van der Waals surface area (Å²) in [6, 6.07) is 9.32. The minimum absolute atomic E-state index is 0.0454. The van der Waals surface area contributed by atoms with E-state index < -0.39 is 11.7 Å². The van der Waals surface area contributed by atoms with Crippen LogP contribution in [-0.2, 0) is 9.59 Å². The fraction of sp³-hybridized carbons (Fsp3) is 0.235. The van der Waals surface area contributed by atoms with Crippen LogP contribution in [0.4, 0.5) is 15.8 Å². The Morgan fingerprint density at radius 3 is 2.79 bits per heavy atom. The molecule has 0 unspecified atom stereocenters. The standard InChI is InChI=1S/C17H16FN3O3/c1-24-15-7-6-12(9-19-15)20-17(23)11-8-16(22)21(10-11)14-5-3-2-4-13(14)18/h2-7,9,11H,8,10H2,1H3,(H,20,23)/t11-/m0/s1. The highest BCUT2D eigenvalue weighted by molar-refractivity contribution is 6.03. The van der Waals surface area contributed by atoms with Crippen LogP contribution in [0.1, 0.15) is 6.42 Å². The van der Waals surface area contributed by atoms with Gasteiger partial charge in [0.25, 0.3) is 0 Å². The number of carbonyl (C=O) groups is 2.